The first-order valence-corrected chi connectivity index (χ1v) is 9.75. The third-order valence-corrected chi connectivity index (χ3v) is 5.16. The third kappa shape index (κ3) is 3.86. The minimum Gasteiger partial charge on any atom is -0.467 e. The van der Waals surface area contributed by atoms with E-state index >= 15 is 0 Å². The van der Waals surface area contributed by atoms with Gasteiger partial charge in [-0.3, -0.25) is 9.69 Å². The van der Waals surface area contributed by atoms with Crippen molar-refractivity contribution in [2.24, 2.45) is 0 Å². The Morgan fingerprint density at radius 2 is 1.93 bits per heavy atom. The number of pyridine rings is 1. The third-order valence-electron chi connectivity index (χ3n) is 4.67. The van der Waals surface area contributed by atoms with Gasteiger partial charge in [0.05, 0.1) is 12.7 Å². The lowest BCUT2D eigenvalue weighted by molar-refractivity contribution is -0.141. The van der Waals surface area contributed by atoms with Crippen molar-refractivity contribution in [3.05, 3.63) is 82.5 Å². The highest BCUT2D eigenvalue weighted by molar-refractivity contribution is 9.10. The molecule has 1 aliphatic rings. The molecule has 6 nitrogen and oxygen atoms in total. The van der Waals surface area contributed by atoms with Crippen LogP contribution < -0.4 is 9.64 Å². The lowest BCUT2D eigenvalue weighted by Gasteiger charge is -2.23. The molecule has 7 heteroatoms. The first kappa shape index (κ1) is 19.1. The zero-order valence-electron chi connectivity index (χ0n) is 15.5. The van der Waals surface area contributed by atoms with Gasteiger partial charge < -0.3 is 9.47 Å². The predicted octanol–water partition coefficient (Wildman–Crippen LogP) is 4.38. The van der Waals surface area contributed by atoms with Crippen LogP contribution in [0.4, 0.5) is 5.69 Å². The van der Waals surface area contributed by atoms with Crippen LogP contribution in [0.15, 0.2) is 71.3 Å². The fourth-order valence-corrected chi connectivity index (χ4v) is 3.70. The van der Waals surface area contributed by atoms with Gasteiger partial charge in [0, 0.05) is 28.8 Å². The summed E-state index contributed by atoms with van der Waals surface area (Å²) in [5, 5.41) is 0. The molecule has 1 aliphatic heterocycles. The summed E-state index contributed by atoms with van der Waals surface area (Å²) in [7, 11) is 1.32. The van der Waals surface area contributed by atoms with Gasteiger partial charge in [0.15, 0.2) is 0 Å². The minimum atomic E-state index is -0.692. The molecule has 4 rings (SSSR count). The van der Waals surface area contributed by atoms with Crippen LogP contribution in [-0.4, -0.2) is 30.0 Å². The number of carbonyl (C=O) groups is 2. The van der Waals surface area contributed by atoms with Crippen molar-refractivity contribution >= 4 is 33.5 Å². The Bertz CT molecular complexity index is 1070. The maximum Gasteiger partial charge on any atom is 0.329 e. The number of benzene rings is 2. The number of nitrogens with zero attached hydrogens (tertiary/aromatic N) is 2. The molecule has 0 spiro atoms. The van der Waals surface area contributed by atoms with Crippen LogP contribution in [0.1, 0.15) is 15.9 Å². The molecule has 0 radical (unpaired) electrons. The molecular weight excluding hydrogens is 436 g/mol. The Kier molecular flexibility index (Phi) is 5.31. The number of hydrogen-bond donors (Lipinski definition) is 0. The molecular formula is C22H17BrN2O4. The number of fused-ring (bicyclic) bond motifs is 1. The van der Waals surface area contributed by atoms with Crippen molar-refractivity contribution in [1.29, 1.82) is 0 Å². The fraction of sp³-hybridized carbons (Fsp3) is 0.136. The number of rotatable bonds is 4. The van der Waals surface area contributed by atoms with Crippen LogP contribution in [0.25, 0.3) is 0 Å². The first-order chi connectivity index (χ1) is 14.1. The molecule has 1 amide bonds. The molecule has 1 atom stereocenters. The van der Waals surface area contributed by atoms with E-state index in [2.05, 4.69) is 20.9 Å². The Morgan fingerprint density at radius 3 is 2.66 bits per heavy atom. The fourth-order valence-electron chi connectivity index (χ4n) is 3.32. The van der Waals surface area contributed by atoms with Gasteiger partial charge in [0.2, 0.25) is 5.88 Å². The summed E-state index contributed by atoms with van der Waals surface area (Å²) in [6.07, 6.45) is 1.87. The molecule has 1 aromatic heterocycles. The normalized spacial score (nSPS) is 15.0. The van der Waals surface area contributed by atoms with E-state index in [0.29, 0.717) is 29.3 Å². The SMILES string of the molecule is COC(=O)C1Cc2ccccc2N1C(=O)c1ccc(Oc2cccc(Br)c2)nc1. The number of amides is 1. The summed E-state index contributed by atoms with van der Waals surface area (Å²) in [5.41, 5.74) is 2.00. The van der Waals surface area contributed by atoms with E-state index in [0.717, 1.165) is 10.0 Å². The van der Waals surface area contributed by atoms with Crippen molar-refractivity contribution in [2.75, 3.05) is 12.0 Å². The van der Waals surface area contributed by atoms with E-state index in [4.69, 9.17) is 9.47 Å². The number of aromatic nitrogens is 1. The molecule has 0 saturated carbocycles. The molecule has 0 N–H and O–H groups in total. The van der Waals surface area contributed by atoms with E-state index in [9.17, 15) is 9.59 Å². The highest BCUT2D eigenvalue weighted by Gasteiger charge is 2.39. The first-order valence-electron chi connectivity index (χ1n) is 8.95. The topological polar surface area (TPSA) is 68.7 Å². The standard InChI is InChI=1S/C22H17BrN2O4/c1-28-22(27)19-11-14-5-2-3-8-18(14)25(19)21(26)15-9-10-20(24-13-15)29-17-7-4-6-16(23)12-17/h2-10,12-13,19H,11H2,1H3. The Morgan fingerprint density at radius 1 is 1.10 bits per heavy atom. The van der Waals surface area contributed by atoms with Gasteiger partial charge >= 0.3 is 5.97 Å². The van der Waals surface area contributed by atoms with Gasteiger partial charge in [-0.15, -0.1) is 0 Å². The highest BCUT2D eigenvalue weighted by Crippen LogP contribution is 2.34. The zero-order chi connectivity index (χ0) is 20.4. The minimum absolute atomic E-state index is 0.313. The van der Waals surface area contributed by atoms with Gasteiger partial charge in [-0.25, -0.2) is 9.78 Å². The summed E-state index contributed by atoms with van der Waals surface area (Å²) in [6, 6.07) is 17.4. The second-order valence-electron chi connectivity index (χ2n) is 6.49. The summed E-state index contributed by atoms with van der Waals surface area (Å²) in [5.74, 6) is 0.236. The van der Waals surface area contributed by atoms with E-state index < -0.39 is 12.0 Å². The molecule has 0 aliphatic carbocycles. The molecule has 1 unspecified atom stereocenters. The monoisotopic (exact) mass is 452 g/mol. The number of halogens is 1. The molecule has 0 saturated heterocycles. The Labute approximate surface area is 176 Å². The molecule has 2 heterocycles. The van der Waals surface area contributed by atoms with E-state index in [1.165, 1.54) is 18.2 Å². The zero-order valence-corrected chi connectivity index (χ0v) is 17.1. The number of hydrogen-bond acceptors (Lipinski definition) is 5. The van der Waals surface area contributed by atoms with Crippen LogP contribution in [0.5, 0.6) is 11.6 Å². The molecule has 29 heavy (non-hydrogen) atoms. The van der Waals surface area contributed by atoms with Crippen LogP contribution in [0, 0.1) is 0 Å². The molecule has 2 aromatic carbocycles. The second kappa shape index (κ2) is 8.05. The maximum absolute atomic E-state index is 13.2. The van der Waals surface area contributed by atoms with Crippen molar-refractivity contribution in [3.8, 4) is 11.6 Å². The van der Waals surface area contributed by atoms with E-state index in [-0.39, 0.29) is 5.91 Å². The van der Waals surface area contributed by atoms with Gasteiger partial charge in [-0.1, -0.05) is 40.2 Å². The molecule has 0 bridgehead atoms. The highest BCUT2D eigenvalue weighted by atomic mass is 79.9. The van der Waals surface area contributed by atoms with Crippen molar-refractivity contribution in [2.45, 2.75) is 12.5 Å². The van der Waals surface area contributed by atoms with E-state index in [1.54, 1.807) is 12.1 Å². The number of methoxy groups -OCH3 is 1. The average molecular weight is 453 g/mol. The van der Waals surface area contributed by atoms with Crippen LogP contribution in [0.2, 0.25) is 0 Å². The van der Waals surface area contributed by atoms with Crippen molar-refractivity contribution in [1.82, 2.24) is 4.98 Å². The van der Waals surface area contributed by atoms with Gasteiger partial charge in [0.25, 0.3) is 5.91 Å². The summed E-state index contributed by atoms with van der Waals surface area (Å²) >= 11 is 3.39. The number of anilines is 1. The number of carbonyl (C=O) groups excluding carboxylic acids is 2. The van der Waals surface area contributed by atoms with Gasteiger partial charge in [0.1, 0.15) is 11.8 Å². The smallest absolute Gasteiger partial charge is 0.329 e. The largest absolute Gasteiger partial charge is 0.467 e. The Balaban J connectivity index is 1.59. The Hall–Kier alpha value is -3.19. The van der Waals surface area contributed by atoms with Crippen molar-refractivity contribution in [3.63, 3.8) is 0 Å². The molecule has 3 aromatic rings. The maximum atomic E-state index is 13.2. The summed E-state index contributed by atoms with van der Waals surface area (Å²) < 4.78 is 11.5. The van der Waals surface area contributed by atoms with Gasteiger partial charge in [-0.05, 0) is 35.9 Å². The summed E-state index contributed by atoms with van der Waals surface area (Å²) in [4.78, 5) is 31.2. The number of esters is 1. The quantitative estimate of drug-likeness (QED) is 0.549. The number of para-hydroxylation sites is 1. The predicted molar refractivity (Wildman–Crippen MR) is 111 cm³/mol. The van der Waals surface area contributed by atoms with Crippen LogP contribution in [0.3, 0.4) is 0 Å². The van der Waals surface area contributed by atoms with Crippen LogP contribution in [-0.2, 0) is 16.0 Å². The lowest BCUT2D eigenvalue weighted by Crippen LogP contribution is -2.43. The summed E-state index contributed by atoms with van der Waals surface area (Å²) in [6.45, 7) is 0. The molecule has 0 fully saturated rings. The number of ether oxygens (including phenoxy) is 2. The average Bonchev–Trinajstić information content (AvgIpc) is 3.13. The van der Waals surface area contributed by atoms with Crippen molar-refractivity contribution < 1.29 is 19.1 Å². The van der Waals surface area contributed by atoms with Gasteiger partial charge in [-0.2, -0.15) is 0 Å². The molecule has 146 valence electrons. The van der Waals surface area contributed by atoms with Crippen LogP contribution >= 0.6 is 15.9 Å². The van der Waals surface area contributed by atoms with E-state index in [1.807, 2.05) is 48.5 Å². The lowest BCUT2D eigenvalue weighted by atomic mass is 10.1. The second-order valence-corrected chi connectivity index (χ2v) is 7.41.